The van der Waals surface area contributed by atoms with E-state index in [4.69, 9.17) is 6.42 Å². The molecule has 0 radical (unpaired) electrons. The van der Waals surface area contributed by atoms with E-state index in [2.05, 4.69) is 5.92 Å². The van der Waals surface area contributed by atoms with Gasteiger partial charge in [0.15, 0.2) is 0 Å². The van der Waals surface area contributed by atoms with Crippen molar-refractivity contribution in [3.05, 3.63) is 35.9 Å². The first-order chi connectivity index (χ1) is 6.24. The normalized spacial score (nSPS) is 14.5. The SMILES string of the molecule is C#CC(C)CC(O)c1ccccc1. The highest BCUT2D eigenvalue weighted by atomic mass is 16.3. The molecule has 0 spiro atoms. The minimum Gasteiger partial charge on any atom is -0.388 e. The van der Waals surface area contributed by atoms with Crippen LogP contribution in [0.15, 0.2) is 30.3 Å². The molecule has 1 rings (SSSR count). The van der Waals surface area contributed by atoms with Crippen LogP contribution in [0.5, 0.6) is 0 Å². The molecule has 0 aliphatic rings. The minimum absolute atomic E-state index is 0.121. The standard InChI is InChI=1S/C12H14O/c1-3-10(2)9-12(13)11-7-5-4-6-8-11/h1,4-8,10,12-13H,9H2,2H3. The highest BCUT2D eigenvalue weighted by Gasteiger charge is 2.09. The van der Waals surface area contributed by atoms with Gasteiger partial charge < -0.3 is 5.11 Å². The molecule has 13 heavy (non-hydrogen) atoms. The third-order valence-corrected chi connectivity index (χ3v) is 2.05. The third kappa shape index (κ3) is 2.93. The summed E-state index contributed by atoms with van der Waals surface area (Å²) in [5, 5.41) is 9.73. The smallest absolute Gasteiger partial charge is 0.0801 e. The average Bonchev–Trinajstić information content (AvgIpc) is 2.19. The number of aliphatic hydroxyl groups is 1. The summed E-state index contributed by atoms with van der Waals surface area (Å²) in [5.74, 6) is 2.73. The van der Waals surface area contributed by atoms with Crippen LogP contribution in [0.25, 0.3) is 0 Å². The number of rotatable bonds is 3. The molecule has 0 bridgehead atoms. The molecule has 1 aromatic rings. The molecule has 0 amide bonds. The zero-order valence-electron chi connectivity index (χ0n) is 7.77. The Bertz CT molecular complexity index is 284. The molecule has 0 aliphatic carbocycles. The van der Waals surface area contributed by atoms with E-state index in [0.29, 0.717) is 6.42 Å². The van der Waals surface area contributed by atoms with Crippen LogP contribution in [0, 0.1) is 18.3 Å². The van der Waals surface area contributed by atoms with E-state index in [1.54, 1.807) is 0 Å². The molecular weight excluding hydrogens is 160 g/mol. The van der Waals surface area contributed by atoms with Gasteiger partial charge in [0.1, 0.15) is 0 Å². The van der Waals surface area contributed by atoms with E-state index >= 15 is 0 Å². The lowest BCUT2D eigenvalue weighted by Gasteiger charge is -2.12. The molecule has 0 fully saturated rings. The predicted octanol–water partition coefficient (Wildman–Crippen LogP) is 2.38. The maximum absolute atomic E-state index is 9.73. The van der Waals surface area contributed by atoms with E-state index < -0.39 is 6.10 Å². The Morgan fingerprint density at radius 1 is 1.38 bits per heavy atom. The van der Waals surface area contributed by atoms with Gasteiger partial charge in [-0.15, -0.1) is 12.3 Å². The summed E-state index contributed by atoms with van der Waals surface area (Å²) in [6, 6.07) is 9.58. The molecule has 0 saturated carbocycles. The van der Waals surface area contributed by atoms with Gasteiger partial charge in [0.2, 0.25) is 0 Å². The van der Waals surface area contributed by atoms with E-state index in [1.807, 2.05) is 37.3 Å². The largest absolute Gasteiger partial charge is 0.388 e. The van der Waals surface area contributed by atoms with Crippen LogP contribution in [-0.4, -0.2) is 5.11 Å². The van der Waals surface area contributed by atoms with E-state index in [-0.39, 0.29) is 5.92 Å². The van der Waals surface area contributed by atoms with Crippen molar-refractivity contribution in [3.63, 3.8) is 0 Å². The van der Waals surface area contributed by atoms with Gasteiger partial charge in [-0.1, -0.05) is 37.3 Å². The summed E-state index contributed by atoms with van der Waals surface area (Å²) in [5.41, 5.74) is 0.935. The van der Waals surface area contributed by atoms with E-state index in [1.165, 1.54) is 0 Å². The molecule has 68 valence electrons. The molecule has 0 saturated heterocycles. The molecular formula is C12H14O. The molecule has 1 heteroatoms. The molecule has 2 unspecified atom stereocenters. The summed E-state index contributed by atoms with van der Waals surface area (Å²) >= 11 is 0. The highest BCUT2D eigenvalue weighted by molar-refractivity contribution is 5.17. The Labute approximate surface area is 79.4 Å². The van der Waals surface area contributed by atoms with Crippen LogP contribution in [0.2, 0.25) is 0 Å². The summed E-state index contributed by atoms with van der Waals surface area (Å²) in [6.07, 6.45) is 5.43. The van der Waals surface area contributed by atoms with Crippen molar-refractivity contribution in [2.75, 3.05) is 0 Å². The summed E-state index contributed by atoms with van der Waals surface area (Å²) in [4.78, 5) is 0. The Morgan fingerprint density at radius 2 is 2.00 bits per heavy atom. The number of aliphatic hydroxyl groups excluding tert-OH is 1. The lowest BCUT2D eigenvalue weighted by Crippen LogP contribution is -2.02. The van der Waals surface area contributed by atoms with Crippen LogP contribution < -0.4 is 0 Å². The van der Waals surface area contributed by atoms with Crippen molar-refractivity contribution in [1.82, 2.24) is 0 Å². The maximum atomic E-state index is 9.73. The van der Waals surface area contributed by atoms with E-state index in [9.17, 15) is 5.11 Å². The monoisotopic (exact) mass is 174 g/mol. The fourth-order valence-corrected chi connectivity index (χ4v) is 1.21. The van der Waals surface area contributed by atoms with Gasteiger partial charge in [-0.05, 0) is 12.0 Å². The first kappa shape index (κ1) is 9.83. The quantitative estimate of drug-likeness (QED) is 0.697. The number of benzene rings is 1. The van der Waals surface area contributed by atoms with E-state index in [0.717, 1.165) is 5.56 Å². The van der Waals surface area contributed by atoms with Crippen molar-refractivity contribution >= 4 is 0 Å². The maximum Gasteiger partial charge on any atom is 0.0801 e. The molecule has 0 aliphatic heterocycles. The Morgan fingerprint density at radius 3 is 2.54 bits per heavy atom. The van der Waals surface area contributed by atoms with Gasteiger partial charge in [-0.2, -0.15) is 0 Å². The van der Waals surface area contributed by atoms with Gasteiger partial charge in [0, 0.05) is 5.92 Å². The first-order valence-electron chi connectivity index (χ1n) is 4.43. The van der Waals surface area contributed by atoms with Crippen LogP contribution in [0.3, 0.4) is 0 Å². The zero-order valence-corrected chi connectivity index (χ0v) is 7.77. The molecule has 0 aromatic heterocycles. The molecule has 2 atom stereocenters. The van der Waals surface area contributed by atoms with Crippen molar-refractivity contribution in [3.8, 4) is 12.3 Å². The molecule has 0 heterocycles. The lowest BCUT2D eigenvalue weighted by molar-refractivity contribution is 0.157. The molecule has 1 nitrogen and oxygen atoms in total. The third-order valence-electron chi connectivity index (χ3n) is 2.05. The highest BCUT2D eigenvalue weighted by Crippen LogP contribution is 2.19. The van der Waals surface area contributed by atoms with Crippen LogP contribution in [0.4, 0.5) is 0 Å². The van der Waals surface area contributed by atoms with Crippen LogP contribution >= 0.6 is 0 Å². The fraction of sp³-hybridized carbons (Fsp3) is 0.333. The van der Waals surface area contributed by atoms with Gasteiger partial charge in [-0.3, -0.25) is 0 Å². The van der Waals surface area contributed by atoms with Crippen molar-refractivity contribution in [2.45, 2.75) is 19.4 Å². The second-order valence-corrected chi connectivity index (χ2v) is 3.23. The molecule has 1 N–H and O–H groups in total. The number of terminal acetylenes is 1. The van der Waals surface area contributed by atoms with Gasteiger partial charge in [0.05, 0.1) is 6.10 Å². The second-order valence-electron chi connectivity index (χ2n) is 3.23. The topological polar surface area (TPSA) is 20.2 Å². The van der Waals surface area contributed by atoms with Crippen molar-refractivity contribution in [2.24, 2.45) is 5.92 Å². The second kappa shape index (κ2) is 4.69. The predicted molar refractivity (Wildman–Crippen MR) is 54.0 cm³/mol. The van der Waals surface area contributed by atoms with Crippen molar-refractivity contribution in [1.29, 1.82) is 0 Å². The Kier molecular flexibility index (Phi) is 3.54. The Balaban J connectivity index is 2.60. The van der Waals surface area contributed by atoms with Gasteiger partial charge in [-0.25, -0.2) is 0 Å². The fourth-order valence-electron chi connectivity index (χ4n) is 1.21. The number of hydrogen-bond acceptors (Lipinski definition) is 1. The minimum atomic E-state index is -0.438. The van der Waals surface area contributed by atoms with Crippen molar-refractivity contribution < 1.29 is 5.11 Å². The summed E-state index contributed by atoms with van der Waals surface area (Å²) in [7, 11) is 0. The van der Waals surface area contributed by atoms with Gasteiger partial charge >= 0.3 is 0 Å². The van der Waals surface area contributed by atoms with Gasteiger partial charge in [0.25, 0.3) is 0 Å². The summed E-state index contributed by atoms with van der Waals surface area (Å²) < 4.78 is 0. The Hall–Kier alpha value is -1.26. The first-order valence-corrected chi connectivity index (χ1v) is 4.43. The molecule has 1 aromatic carbocycles. The summed E-state index contributed by atoms with van der Waals surface area (Å²) in [6.45, 7) is 1.94. The average molecular weight is 174 g/mol. The van der Waals surface area contributed by atoms with Crippen LogP contribution in [0.1, 0.15) is 25.0 Å². The zero-order chi connectivity index (χ0) is 9.68. The van der Waals surface area contributed by atoms with Crippen LogP contribution in [-0.2, 0) is 0 Å². The number of hydrogen-bond donors (Lipinski definition) is 1. The lowest BCUT2D eigenvalue weighted by atomic mass is 9.99.